The lowest BCUT2D eigenvalue weighted by atomic mass is 10.2. The van der Waals surface area contributed by atoms with E-state index < -0.39 is 41.2 Å². The number of carbonyl (C=O) groups is 1. The quantitative estimate of drug-likeness (QED) is 0.686. The van der Waals surface area contributed by atoms with Crippen LogP contribution in [0.3, 0.4) is 0 Å². The summed E-state index contributed by atoms with van der Waals surface area (Å²) in [7, 11) is 1.67. The standard InChI is InChI=1S/C13H11F4N5O/c1-21-5-6(4-18-21)22-3-2-7(13(22)23)19-10-8(14)11(16)20-12(17)9(10)15/h4-5,7H,2-3H2,1H3,(H,19,20). The molecule has 3 rings (SSSR count). The van der Waals surface area contributed by atoms with Gasteiger partial charge in [0.15, 0.2) is 0 Å². The molecule has 0 bridgehead atoms. The summed E-state index contributed by atoms with van der Waals surface area (Å²) in [6.45, 7) is 0.279. The van der Waals surface area contributed by atoms with Gasteiger partial charge >= 0.3 is 0 Å². The molecule has 1 saturated heterocycles. The van der Waals surface area contributed by atoms with Crippen molar-refractivity contribution in [3.8, 4) is 0 Å². The van der Waals surface area contributed by atoms with E-state index in [0.29, 0.717) is 5.69 Å². The lowest BCUT2D eigenvalue weighted by Crippen LogP contribution is -2.34. The van der Waals surface area contributed by atoms with Crippen LogP contribution in [-0.2, 0) is 11.8 Å². The number of nitrogens with one attached hydrogen (secondary N) is 1. The van der Waals surface area contributed by atoms with Crippen molar-refractivity contribution in [1.29, 1.82) is 0 Å². The van der Waals surface area contributed by atoms with Crippen LogP contribution in [0.5, 0.6) is 0 Å². The number of pyridine rings is 1. The van der Waals surface area contributed by atoms with E-state index in [4.69, 9.17) is 0 Å². The molecular weight excluding hydrogens is 318 g/mol. The largest absolute Gasteiger partial charge is 0.369 e. The van der Waals surface area contributed by atoms with Gasteiger partial charge in [0.1, 0.15) is 11.7 Å². The summed E-state index contributed by atoms with van der Waals surface area (Å²) in [6, 6.07) is -1.01. The van der Waals surface area contributed by atoms with Crippen LogP contribution in [0.4, 0.5) is 28.9 Å². The molecular formula is C13H11F4N5O. The fourth-order valence-electron chi connectivity index (χ4n) is 2.41. The molecule has 2 aromatic heterocycles. The average molecular weight is 329 g/mol. The molecule has 0 spiro atoms. The van der Waals surface area contributed by atoms with E-state index in [1.54, 1.807) is 13.2 Å². The third kappa shape index (κ3) is 2.60. The molecule has 1 aliphatic rings. The van der Waals surface area contributed by atoms with Crippen molar-refractivity contribution in [2.75, 3.05) is 16.8 Å². The second kappa shape index (κ2) is 5.52. The molecule has 6 nitrogen and oxygen atoms in total. The first-order valence-corrected chi connectivity index (χ1v) is 6.65. The minimum atomic E-state index is -1.78. The first-order chi connectivity index (χ1) is 10.9. The van der Waals surface area contributed by atoms with E-state index in [2.05, 4.69) is 15.4 Å². The fourth-order valence-corrected chi connectivity index (χ4v) is 2.41. The summed E-state index contributed by atoms with van der Waals surface area (Å²) < 4.78 is 54.9. The van der Waals surface area contributed by atoms with Crippen molar-refractivity contribution >= 4 is 17.3 Å². The van der Waals surface area contributed by atoms with E-state index in [0.717, 1.165) is 0 Å². The Morgan fingerprint density at radius 1 is 1.22 bits per heavy atom. The molecule has 1 aliphatic heterocycles. The predicted molar refractivity (Wildman–Crippen MR) is 71.7 cm³/mol. The molecule has 1 fully saturated rings. The summed E-state index contributed by atoms with van der Waals surface area (Å²) in [6.07, 6.45) is 3.28. The van der Waals surface area contributed by atoms with Crippen molar-refractivity contribution in [2.45, 2.75) is 12.5 Å². The van der Waals surface area contributed by atoms with E-state index in [1.807, 2.05) is 0 Å². The van der Waals surface area contributed by atoms with E-state index >= 15 is 0 Å². The van der Waals surface area contributed by atoms with Gasteiger partial charge < -0.3 is 10.2 Å². The zero-order valence-corrected chi connectivity index (χ0v) is 11.9. The Morgan fingerprint density at radius 2 is 1.87 bits per heavy atom. The first-order valence-electron chi connectivity index (χ1n) is 6.65. The molecule has 10 heteroatoms. The topological polar surface area (TPSA) is 63.1 Å². The molecule has 122 valence electrons. The van der Waals surface area contributed by atoms with Gasteiger partial charge in [0.05, 0.1) is 11.9 Å². The number of carbonyl (C=O) groups excluding carboxylic acids is 1. The van der Waals surface area contributed by atoms with Crippen molar-refractivity contribution in [3.05, 3.63) is 35.9 Å². The van der Waals surface area contributed by atoms with Gasteiger partial charge in [-0.3, -0.25) is 9.48 Å². The number of aromatic nitrogens is 3. The number of halogens is 4. The lowest BCUT2D eigenvalue weighted by Gasteiger charge is -2.16. The fraction of sp³-hybridized carbons (Fsp3) is 0.308. The molecule has 3 heterocycles. The van der Waals surface area contributed by atoms with Gasteiger partial charge in [-0.05, 0) is 6.42 Å². The van der Waals surface area contributed by atoms with Crippen LogP contribution in [0.15, 0.2) is 12.4 Å². The van der Waals surface area contributed by atoms with Crippen LogP contribution in [-0.4, -0.2) is 33.3 Å². The number of hydrogen-bond donors (Lipinski definition) is 1. The Labute approximate surface area is 127 Å². The summed E-state index contributed by atoms with van der Waals surface area (Å²) in [5.74, 6) is -7.37. The van der Waals surface area contributed by atoms with Crippen LogP contribution in [0, 0.1) is 23.5 Å². The number of aryl methyl sites for hydroxylation is 1. The molecule has 1 amide bonds. The second-order valence-corrected chi connectivity index (χ2v) is 5.04. The van der Waals surface area contributed by atoms with Gasteiger partial charge in [0.25, 0.3) is 11.9 Å². The molecule has 23 heavy (non-hydrogen) atoms. The minimum absolute atomic E-state index is 0.207. The third-order valence-electron chi connectivity index (χ3n) is 3.52. The van der Waals surface area contributed by atoms with E-state index in [-0.39, 0.29) is 13.0 Å². The average Bonchev–Trinajstić information content (AvgIpc) is 3.08. The Kier molecular flexibility index (Phi) is 3.66. The maximum absolute atomic E-state index is 13.6. The van der Waals surface area contributed by atoms with Crippen LogP contribution < -0.4 is 10.2 Å². The second-order valence-electron chi connectivity index (χ2n) is 5.04. The number of rotatable bonds is 3. The highest BCUT2D eigenvalue weighted by Gasteiger charge is 2.35. The maximum atomic E-state index is 13.6. The number of hydrogen-bond acceptors (Lipinski definition) is 4. The van der Waals surface area contributed by atoms with Gasteiger partial charge in [-0.25, -0.2) is 0 Å². The van der Waals surface area contributed by atoms with E-state index in [1.165, 1.54) is 15.8 Å². The molecule has 1 atom stereocenters. The van der Waals surface area contributed by atoms with Crippen molar-refractivity contribution in [2.24, 2.45) is 7.05 Å². The third-order valence-corrected chi connectivity index (χ3v) is 3.52. The Morgan fingerprint density at radius 3 is 2.43 bits per heavy atom. The monoisotopic (exact) mass is 329 g/mol. The molecule has 0 aliphatic carbocycles. The van der Waals surface area contributed by atoms with E-state index in [9.17, 15) is 22.4 Å². The van der Waals surface area contributed by atoms with Gasteiger partial charge in [-0.2, -0.15) is 27.6 Å². The molecule has 0 radical (unpaired) electrons. The first kappa shape index (κ1) is 15.3. The molecule has 0 saturated carbocycles. The van der Waals surface area contributed by atoms with Crippen molar-refractivity contribution < 1.29 is 22.4 Å². The lowest BCUT2D eigenvalue weighted by molar-refractivity contribution is -0.117. The SMILES string of the molecule is Cn1cc(N2CCC(Nc3c(F)c(F)nc(F)c3F)C2=O)cn1. The minimum Gasteiger partial charge on any atom is -0.369 e. The number of amides is 1. The van der Waals surface area contributed by atoms with Gasteiger partial charge in [0, 0.05) is 19.8 Å². The number of anilines is 2. The smallest absolute Gasteiger partial charge is 0.253 e. The highest BCUT2D eigenvalue weighted by atomic mass is 19.2. The summed E-state index contributed by atoms with van der Waals surface area (Å²) in [5, 5.41) is 6.16. The summed E-state index contributed by atoms with van der Waals surface area (Å²) in [4.78, 5) is 16.1. The Balaban J connectivity index is 1.84. The predicted octanol–water partition coefficient (Wildman–Crippen LogP) is 1.59. The summed E-state index contributed by atoms with van der Waals surface area (Å²) in [5.41, 5.74) is -0.517. The van der Waals surface area contributed by atoms with Crippen LogP contribution in [0.1, 0.15) is 6.42 Å². The summed E-state index contributed by atoms with van der Waals surface area (Å²) >= 11 is 0. The van der Waals surface area contributed by atoms with Crippen LogP contribution in [0.25, 0.3) is 0 Å². The zero-order valence-electron chi connectivity index (χ0n) is 11.9. The highest BCUT2D eigenvalue weighted by Crippen LogP contribution is 2.27. The van der Waals surface area contributed by atoms with Gasteiger partial charge in [-0.15, -0.1) is 0 Å². The molecule has 2 aromatic rings. The van der Waals surface area contributed by atoms with Crippen LogP contribution >= 0.6 is 0 Å². The molecule has 1 N–H and O–H groups in total. The zero-order chi connectivity index (χ0) is 16.7. The molecule has 0 aromatic carbocycles. The van der Waals surface area contributed by atoms with Gasteiger partial charge in [0.2, 0.25) is 17.5 Å². The van der Waals surface area contributed by atoms with Gasteiger partial charge in [-0.1, -0.05) is 0 Å². The van der Waals surface area contributed by atoms with Crippen molar-refractivity contribution in [3.63, 3.8) is 0 Å². The van der Waals surface area contributed by atoms with Crippen molar-refractivity contribution in [1.82, 2.24) is 14.8 Å². The molecule has 1 unspecified atom stereocenters. The Bertz CT molecular complexity index is 752. The highest BCUT2D eigenvalue weighted by molar-refractivity contribution is 6.00. The normalized spacial score (nSPS) is 17.9. The maximum Gasteiger partial charge on any atom is 0.253 e. The number of nitrogens with zero attached hydrogens (tertiary/aromatic N) is 4. The Hall–Kier alpha value is -2.65. The van der Waals surface area contributed by atoms with Crippen LogP contribution in [0.2, 0.25) is 0 Å².